The van der Waals surface area contributed by atoms with Crippen molar-refractivity contribution in [3.63, 3.8) is 0 Å². The van der Waals surface area contributed by atoms with Crippen molar-refractivity contribution in [2.75, 3.05) is 5.73 Å². The number of hydrogen-bond donors (Lipinski definition) is 3. The quantitative estimate of drug-likeness (QED) is 0.675. The van der Waals surface area contributed by atoms with Crippen molar-refractivity contribution in [1.82, 2.24) is 15.2 Å². The van der Waals surface area contributed by atoms with Gasteiger partial charge in [-0.3, -0.25) is 5.10 Å². The molecule has 2 aromatic heterocycles. The largest absolute Gasteiger partial charge is 0.428 e. The van der Waals surface area contributed by atoms with Crippen molar-refractivity contribution in [3.05, 3.63) is 40.5 Å². The summed E-state index contributed by atoms with van der Waals surface area (Å²) >= 11 is 0.768. The smallest absolute Gasteiger partial charge is 0.382 e. The van der Waals surface area contributed by atoms with Gasteiger partial charge in [-0.2, -0.15) is 18.3 Å². The summed E-state index contributed by atoms with van der Waals surface area (Å²) in [7, 11) is 0. The highest BCUT2D eigenvalue weighted by atomic mass is 32.1. The summed E-state index contributed by atoms with van der Waals surface area (Å²) in [5.41, 5.74) is 2.13. The van der Waals surface area contributed by atoms with E-state index in [9.17, 15) is 18.3 Å². The number of aromatic amines is 1. The average Bonchev–Trinajstić information content (AvgIpc) is 3.01. The predicted octanol–water partition coefficient (Wildman–Crippen LogP) is 2.71. The van der Waals surface area contributed by atoms with E-state index in [-0.39, 0.29) is 5.69 Å². The number of benzene rings is 1. The minimum Gasteiger partial charge on any atom is -0.382 e. The molecule has 0 spiro atoms. The number of nitrogens with zero attached hydrogens (tertiary/aromatic N) is 2. The van der Waals surface area contributed by atoms with Crippen molar-refractivity contribution < 1.29 is 18.3 Å². The Hall–Kier alpha value is -2.13. The number of nitrogen functional groups attached to an aromatic ring is 1. The number of thiazole rings is 1. The maximum Gasteiger partial charge on any atom is 0.428 e. The van der Waals surface area contributed by atoms with Crippen LogP contribution in [-0.4, -0.2) is 26.5 Å². The van der Waals surface area contributed by atoms with Gasteiger partial charge in [-0.25, -0.2) is 4.98 Å². The number of nitrogens with one attached hydrogen (secondary N) is 1. The number of alkyl halides is 3. The fraction of sp³-hybridized carbons (Fsp3) is 0.231. The molecule has 0 aliphatic carbocycles. The van der Waals surface area contributed by atoms with Gasteiger partial charge in [-0.1, -0.05) is 12.1 Å². The molecule has 0 aliphatic heterocycles. The van der Waals surface area contributed by atoms with E-state index in [1.165, 1.54) is 6.92 Å². The van der Waals surface area contributed by atoms with Crippen molar-refractivity contribution in [1.29, 1.82) is 0 Å². The van der Waals surface area contributed by atoms with Crippen molar-refractivity contribution in [2.45, 2.75) is 18.7 Å². The van der Waals surface area contributed by atoms with Crippen LogP contribution in [0.3, 0.4) is 0 Å². The molecule has 0 saturated carbocycles. The van der Waals surface area contributed by atoms with Crippen LogP contribution < -0.4 is 5.73 Å². The topological polar surface area (TPSA) is 87.8 Å². The second-order valence-electron chi connectivity index (χ2n) is 4.80. The first kappa shape index (κ1) is 14.8. The van der Waals surface area contributed by atoms with E-state index in [1.54, 1.807) is 24.3 Å². The zero-order valence-corrected chi connectivity index (χ0v) is 12.1. The first-order valence-electron chi connectivity index (χ1n) is 6.21. The monoisotopic (exact) mass is 328 g/mol. The second-order valence-corrected chi connectivity index (χ2v) is 5.83. The van der Waals surface area contributed by atoms with Crippen molar-refractivity contribution in [3.8, 4) is 0 Å². The molecule has 1 unspecified atom stereocenters. The standard InChI is InChI=1S/C13H11F3N4OS/c1-6-9(10(17)20-19-6)12(21,13(14,15)16)11-18-7-4-2-3-5-8(7)22-11/h2-5,21H,1H3,(H3,17,19,20). The fourth-order valence-corrected chi connectivity index (χ4v) is 3.38. The van der Waals surface area contributed by atoms with Crippen LogP contribution in [0.2, 0.25) is 0 Å². The zero-order valence-electron chi connectivity index (χ0n) is 11.3. The molecular weight excluding hydrogens is 317 g/mol. The summed E-state index contributed by atoms with van der Waals surface area (Å²) < 4.78 is 41.5. The molecule has 0 fully saturated rings. The molecule has 0 radical (unpaired) electrons. The van der Waals surface area contributed by atoms with Gasteiger partial charge in [0.15, 0.2) is 5.82 Å². The van der Waals surface area contributed by atoms with Crippen molar-refractivity contribution in [2.24, 2.45) is 0 Å². The van der Waals surface area contributed by atoms with E-state index in [1.807, 2.05) is 0 Å². The lowest BCUT2D eigenvalue weighted by Crippen LogP contribution is -2.44. The second kappa shape index (κ2) is 4.68. The van der Waals surface area contributed by atoms with Crippen LogP contribution in [0.4, 0.5) is 19.0 Å². The van der Waals surface area contributed by atoms with Gasteiger partial charge in [0.2, 0.25) is 5.60 Å². The minimum atomic E-state index is -5.00. The number of fused-ring (bicyclic) bond motifs is 1. The number of para-hydroxylation sites is 1. The Balaban J connectivity index is 2.32. The molecule has 0 saturated heterocycles. The minimum absolute atomic E-state index is 0.0385. The Morgan fingerprint density at radius 3 is 2.50 bits per heavy atom. The number of anilines is 1. The summed E-state index contributed by atoms with van der Waals surface area (Å²) in [5, 5.41) is 15.9. The van der Waals surface area contributed by atoms with Gasteiger partial charge in [0.1, 0.15) is 5.01 Å². The summed E-state index contributed by atoms with van der Waals surface area (Å²) in [6, 6.07) is 6.57. The highest BCUT2D eigenvalue weighted by Crippen LogP contribution is 2.48. The molecule has 4 N–H and O–H groups in total. The lowest BCUT2D eigenvalue weighted by atomic mass is 9.93. The van der Waals surface area contributed by atoms with E-state index in [2.05, 4.69) is 15.2 Å². The first-order valence-corrected chi connectivity index (χ1v) is 7.03. The summed E-state index contributed by atoms with van der Waals surface area (Å²) in [6.07, 6.45) is -5.00. The summed E-state index contributed by atoms with van der Waals surface area (Å²) in [6.45, 7) is 1.36. The summed E-state index contributed by atoms with van der Waals surface area (Å²) in [4.78, 5) is 3.94. The van der Waals surface area contributed by atoms with Gasteiger partial charge < -0.3 is 10.8 Å². The molecule has 0 amide bonds. The van der Waals surface area contributed by atoms with Crippen molar-refractivity contribution >= 4 is 27.4 Å². The Labute approximate surface area is 126 Å². The number of hydrogen-bond acceptors (Lipinski definition) is 5. The van der Waals surface area contributed by atoms with Gasteiger partial charge in [0.05, 0.1) is 15.8 Å². The van der Waals surface area contributed by atoms with Gasteiger partial charge in [-0.15, -0.1) is 11.3 Å². The molecule has 22 heavy (non-hydrogen) atoms. The maximum absolute atomic E-state index is 13.7. The molecule has 1 atom stereocenters. The normalized spacial score (nSPS) is 15.1. The van der Waals surface area contributed by atoms with Gasteiger partial charge in [0, 0.05) is 5.69 Å². The van der Waals surface area contributed by atoms with Crippen LogP contribution in [0.1, 0.15) is 16.3 Å². The zero-order chi connectivity index (χ0) is 16.1. The Bertz CT molecular complexity index is 789. The SMILES string of the molecule is Cc1[nH]nc(N)c1C(O)(c1nc2ccccc2s1)C(F)(F)F. The van der Waals surface area contributed by atoms with E-state index in [4.69, 9.17) is 5.73 Å². The molecule has 3 rings (SSSR count). The summed E-state index contributed by atoms with van der Waals surface area (Å²) in [5.74, 6) is -0.406. The third-order valence-corrected chi connectivity index (χ3v) is 4.50. The Morgan fingerprint density at radius 2 is 1.95 bits per heavy atom. The number of H-pyrrole nitrogens is 1. The van der Waals surface area contributed by atoms with Crippen LogP contribution in [0.25, 0.3) is 10.2 Å². The van der Waals surface area contributed by atoms with Crippen LogP contribution in [0.15, 0.2) is 24.3 Å². The van der Waals surface area contributed by atoms with Crippen LogP contribution in [-0.2, 0) is 5.60 Å². The van der Waals surface area contributed by atoms with Crippen LogP contribution >= 0.6 is 11.3 Å². The number of aliphatic hydroxyl groups is 1. The third-order valence-electron chi connectivity index (χ3n) is 3.35. The molecule has 0 aliphatic rings. The number of halogens is 3. The lowest BCUT2D eigenvalue weighted by Gasteiger charge is -2.28. The molecule has 5 nitrogen and oxygen atoms in total. The molecule has 116 valence electrons. The molecule has 2 heterocycles. The van der Waals surface area contributed by atoms with E-state index < -0.39 is 28.2 Å². The number of aryl methyl sites for hydroxylation is 1. The number of nitrogens with two attached hydrogens (primary N) is 1. The maximum atomic E-state index is 13.7. The molecule has 1 aromatic carbocycles. The van der Waals surface area contributed by atoms with E-state index in [0.29, 0.717) is 10.2 Å². The Kier molecular flexibility index (Phi) is 3.15. The third kappa shape index (κ3) is 1.97. The number of aromatic nitrogens is 3. The lowest BCUT2D eigenvalue weighted by molar-refractivity contribution is -0.248. The highest BCUT2D eigenvalue weighted by molar-refractivity contribution is 7.18. The van der Waals surface area contributed by atoms with Gasteiger partial charge >= 0.3 is 6.18 Å². The first-order chi connectivity index (χ1) is 10.2. The average molecular weight is 328 g/mol. The number of rotatable bonds is 2. The highest BCUT2D eigenvalue weighted by Gasteiger charge is 2.60. The molecule has 3 aromatic rings. The van der Waals surface area contributed by atoms with E-state index in [0.717, 1.165) is 11.3 Å². The van der Waals surface area contributed by atoms with Gasteiger partial charge in [0.25, 0.3) is 0 Å². The van der Waals surface area contributed by atoms with Gasteiger partial charge in [-0.05, 0) is 19.1 Å². The fourth-order valence-electron chi connectivity index (χ4n) is 2.30. The van der Waals surface area contributed by atoms with Crippen LogP contribution in [0, 0.1) is 6.92 Å². The van der Waals surface area contributed by atoms with Crippen LogP contribution in [0.5, 0.6) is 0 Å². The predicted molar refractivity (Wildman–Crippen MR) is 76.4 cm³/mol. The molecular formula is C13H11F3N4OS. The molecule has 0 bridgehead atoms. The molecule has 9 heteroatoms. The van der Waals surface area contributed by atoms with E-state index >= 15 is 0 Å². The Morgan fingerprint density at radius 1 is 1.27 bits per heavy atom.